The lowest BCUT2D eigenvalue weighted by Gasteiger charge is -1.95. The Balaban J connectivity index is 2.39. The second kappa shape index (κ2) is 3.96. The normalized spacial score (nSPS) is 11.0. The fraction of sp³-hybridized carbons (Fsp3) is 0.0909. The van der Waals surface area contributed by atoms with Crippen LogP contribution in [0.25, 0.3) is 17.0 Å². The molecule has 2 aromatic rings. The molecule has 2 rings (SSSR count). The predicted molar refractivity (Wildman–Crippen MR) is 57.1 cm³/mol. The highest BCUT2D eigenvalue weighted by atomic mass is 16.5. The molecular weight excluding hydrogens is 192 g/mol. The average Bonchev–Trinajstić information content (AvgIpc) is 2.74. The molecule has 1 aromatic heterocycles. The largest absolute Gasteiger partial charge is 0.466 e. The van der Waals surface area contributed by atoms with Crippen LogP contribution in [0.15, 0.2) is 30.5 Å². The number of carbonyl (C=O) groups is 1. The summed E-state index contributed by atoms with van der Waals surface area (Å²) in [6, 6.07) is 5.77. The van der Waals surface area contributed by atoms with Gasteiger partial charge in [0.15, 0.2) is 0 Å². The molecule has 0 aliphatic heterocycles. The number of para-hydroxylation sites is 1. The van der Waals surface area contributed by atoms with E-state index in [2.05, 4.69) is 14.9 Å². The van der Waals surface area contributed by atoms with Crippen molar-refractivity contribution in [2.45, 2.75) is 0 Å². The number of hydrogen-bond donors (Lipinski definition) is 1. The van der Waals surface area contributed by atoms with Crippen LogP contribution in [0, 0.1) is 0 Å². The van der Waals surface area contributed by atoms with Crippen molar-refractivity contribution in [3.8, 4) is 0 Å². The van der Waals surface area contributed by atoms with E-state index in [1.165, 1.54) is 13.2 Å². The summed E-state index contributed by atoms with van der Waals surface area (Å²) < 4.78 is 4.51. The molecule has 1 heterocycles. The van der Waals surface area contributed by atoms with Gasteiger partial charge in [-0.1, -0.05) is 18.2 Å². The number of rotatable bonds is 2. The van der Waals surface area contributed by atoms with Crippen LogP contribution in [0.4, 0.5) is 0 Å². The highest BCUT2D eigenvalue weighted by molar-refractivity contribution is 5.92. The first-order chi connectivity index (χ1) is 7.31. The Morgan fingerprint density at radius 1 is 1.53 bits per heavy atom. The third-order valence-corrected chi connectivity index (χ3v) is 2.11. The number of methoxy groups -OCH3 is 1. The number of benzene rings is 1. The van der Waals surface area contributed by atoms with Crippen molar-refractivity contribution >= 4 is 22.9 Å². The fourth-order valence-corrected chi connectivity index (χ4v) is 1.36. The number of nitrogens with zero attached hydrogens (tertiary/aromatic N) is 1. The number of nitrogens with one attached hydrogen (secondary N) is 1. The molecule has 0 unspecified atom stereocenters. The lowest BCUT2D eigenvalue weighted by molar-refractivity contribution is -0.134. The standard InChI is InChI=1S/C11H10N2O2/c1-15-10(14)6-5-8-3-2-4-9-7-12-13-11(8)9/h2-7H,1H3,(H,12,13). The Labute approximate surface area is 86.6 Å². The number of aromatic nitrogens is 2. The van der Waals surface area contributed by atoms with Gasteiger partial charge in [-0.2, -0.15) is 5.10 Å². The van der Waals surface area contributed by atoms with Gasteiger partial charge in [-0.25, -0.2) is 4.79 Å². The van der Waals surface area contributed by atoms with Crippen LogP contribution in [0.2, 0.25) is 0 Å². The lowest BCUT2D eigenvalue weighted by Crippen LogP contribution is -1.93. The third-order valence-electron chi connectivity index (χ3n) is 2.11. The van der Waals surface area contributed by atoms with Gasteiger partial charge in [0.2, 0.25) is 0 Å². The molecule has 0 spiro atoms. The SMILES string of the molecule is COC(=O)C=Cc1cccc2cn[nH]c12. The number of ether oxygens (including phenoxy) is 1. The molecule has 0 amide bonds. The highest BCUT2D eigenvalue weighted by Gasteiger charge is 1.99. The first-order valence-corrected chi connectivity index (χ1v) is 4.49. The summed E-state index contributed by atoms with van der Waals surface area (Å²) in [5.41, 5.74) is 1.83. The third kappa shape index (κ3) is 1.88. The molecular formula is C11H10N2O2. The highest BCUT2D eigenvalue weighted by Crippen LogP contribution is 2.16. The maximum atomic E-state index is 10.9. The molecule has 1 aromatic carbocycles. The zero-order valence-electron chi connectivity index (χ0n) is 8.23. The molecule has 0 fully saturated rings. The van der Waals surface area contributed by atoms with E-state index < -0.39 is 0 Å². The number of esters is 1. The number of H-pyrrole nitrogens is 1. The second-order valence-electron chi connectivity index (χ2n) is 3.04. The molecule has 15 heavy (non-hydrogen) atoms. The summed E-state index contributed by atoms with van der Waals surface area (Å²) in [4.78, 5) is 10.9. The minimum Gasteiger partial charge on any atom is -0.466 e. The zero-order valence-corrected chi connectivity index (χ0v) is 8.23. The Morgan fingerprint density at radius 2 is 2.40 bits per heavy atom. The van der Waals surface area contributed by atoms with E-state index in [1.54, 1.807) is 12.3 Å². The van der Waals surface area contributed by atoms with Crippen molar-refractivity contribution in [2.75, 3.05) is 7.11 Å². The van der Waals surface area contributed by atoms with Gasteiger partial charge < -0.3 is 4.74 Å². The molecule has 0 radical (unpaired) electrons. The van der Waals surface area contributed by atoms with Crippen molar-refractivity contribution in [1.29, 1.82) is 0 Å². The fourth-order valence-electron chi connectivity index (χ4n) is 1.36. The molecule has 76 valence electrons. The van der Waals surface area contributed by atoms with Crippen LogP contribution in [0.5, 0.6) is 0 Å². The van der Waals surface area contributed by atoms with Gasteiger partial charge in [0.25, 0.3) is 0 Å². The van der Waals surface area contributed by atoms with E-state index >= 15 is 0 Å². The summed E-state index contributed by atoms with van der Waals surface area (Å²) >= 11 is 0. The Morgan fingerprint density at radius 3 is 3.20 bits per heavy atom. The Hall–Kier alpha value is -2.10. The summed E-state index contributed by atoms with van der Waals surface area (Å²) in [7, 11) is 1.35. The van der Waals surface area contributed by atoms with E-state index in [1.807, 2.05) is 18.2 Å². The van der Waals surface area contributed by atoms with E-state index in [-0.39, 0.29) is 5.97 Å². The molecule has 0 bridgehead atoms. The maximum absolute atomic E-state index is 10.9. The molecule has 0 saturated carbocycles. The van der Waals surface area contributed by atoms with Gasteiger partial charge in [-0.3, -0.25) is 5.10 Å². The first kappa shape index (κ1) is 9.45. The van der Waals surface area contributed by atoms with E-state index in [0.29, 0.717) is 0 Å². The zero-order chi connectivity index (χ0) is 10.7. The molecule has 4 heteroatoms. The van der Waals surface area contributed by atoms with Gasteiger partial charge in [0.1, 0.15) is 0 Å². The topological polar surface area (TPSA) is 55.0 Å². The van der Waals surface area contributed by atoms with Crippen LogP contribution < -0.4 is 0 Å². The minimum absolute atomic E-state index is 0.369. The molecule has 1 N–H and O–H groups in total. The van der Waals surface area contributed by atoms with Crippen LogP contribution in [-0.4, -0.2) is 23.3 Å². The smallest absolute Gasteiger partial charge is 0.330 e. The molecule has 4 nitrogen and oxygen atoms in total. The van der Waals surface area contributed by atoms with E-state index in [9.17, 15) is 4.79 Å². The summed E-state index contributed by atoms with van der Waals surface area (Å²) in [5.74, 6) is -0.369. The Kier molecular flexibility index (Phi) is 2.49. The average molecular weight is 202 g/mol. The summed E-state index contributed by atoms with van der Waals surface area (Å²) in [6.07, 6.45) is 4.83. The second-order valence-corrected chi connectivity index (χ2v) is 3.04. The van der Waals surface area contributed by atoms with Crippen molar-refractivity contribution < 1.29 is 9.53 Å². The molecule has 0 saturated heterocycles. The quantitative estimate of drug-likeness (QED) is 0.596. The van der Waals surface area contributed by atoms with Crippen LogP contribution in [0.3, 0.4) is 0 Å². The van der Waals surface area contributed by atoms with Gasteiger partial charge in [-0.05, 0) is 6.08 Å². The van der Waals surface area contributed by atoms with Crippen molar-refractivity contribution in [1.82, 2.24) is 10.2 Å². The molecule has 0 aliphatic carbocycles. The summed E-state index contributed by atoms with van der Waals surface area (Å²) in [6.45, 7) is 0. The van der Waals surface area contributed by atoms with Crippen LogP contribution in [-0.2, 0) is 9.53 Å². The van der Waals surface area contributed by atoms with Crippen molar-refractivity contribution in [3.63, 3.8) is 0 Å². The predicted octanol–water partition coefficient (Wildman–Crippen LogP) is 1.75. The number of hydrogen-bond acceptors (Lipinski definition) is 3. The molecule has 0 aliphatic rings. The van der Waals surface area contributed by atoms with E-state index in [0.717, 1.165) is 16.5 Å². The molecule has 0 atom stereocenters. The monoisotopic (exact) mass is 202 g/mol. The number of aromatic amines is 1. The summed E-state index contributed by atoms with van der Waals surface area (Å²) in [5, 5.41) is 7.83. The van der Waals surface area contributed by atoms with Crippen molar-refractivity contribution in [2.24, 2.45) is 0 Å². The Bertz CT molecular complexity index is 514. The van der Waals surface area contributed by atoms with Crippen molar-refractivity contribution in [3.05, 3.63) is 36.0 Å². The number of fused-ring (bicyclic) bond motifs is 1. The maximum Gasteiger partial charge on any atom is 0.330 e. The van der Waals surface area contributed by atoms with Gasteiger partial charge in [-0.15, -0.1) is 0 Å². The van der Waals surface area contributed by atoms with Crippen LogP contribution >= 0.6 is 0 Å². The van der Waals surface area contributed by atoms with E-state index in [4.69, 9.17) is 0 Å². The van der Waals surface area contributed by atoms with Crippen LogP contribution in [0.1, 0.15) is 5.56 Å². The lowest BCUT2D eigenvalue weighted by atomic mass is 10.1. The minimum atomic E-state index is -0.369. The first-order valence-electron chi connectivity index (χ1n) is 4.49. The van der Waals surface area contributed by atoms with Gasteiger partial charge >= 0.3 is 5.97 Å². The van der Waals surface area contributed by atoms with Gasteiger partial charge in [0.05, 0.1) is 18.8 Å². The van der Waals surface area contributed by atoms with Gasteiger partial charge in [0, 0.05) is 17.0 Å². The number of carbonyl (C=O) groups excluding carboxylic acids is 1.